The van der Waals surface area contributed by atoms with Crippen LogP contribution in [0.4, 0.5) is 0 Å². The molecule has 4 heteroatoms. The van der Waals surface area contributed by atoms with Crippen molar-refractivity contribution in [1.82, 2.24) is 4.98 Å². The highest BCUT2D eigenvalue weighted by Gasteiger charge is 2.10. The fourth-order valence-electron chi connectivity index (χ4n) is 1.95. The molecule has 1 aromatic heterocycles. The molecule has 0 unspecified atom stereocenters. The number of aldehydes is 1. The molecule has 1 aromatic carbocycles. The van der Waals surface area contributed by atoms with Crippen LogP contribution in [0.15, 0.2) is 23.1 Å². The number of hydrogen-bond donors (Lipinski definition) is 1. The molecule has 0 radical (unpaired) electrons. The van der Waals surface area contributed by atoms with Gasteiger partial charge in [-0.3, -0.25) is 4.79 Å². The molecule has 1 N–H and O–H groups in total. The van der Waals surface area contributed by atoms with Gasteiger partial charge in [-0.25, -0.2) is 0 Å². The summed E-state index contributed by atoms with van der Waals surface area (Å²) in [6.45, 7) is 0. The van der Waals surface area contributed by atoms with Crippen molar-refractivity contribution >= 4 is 40.6 Å². The van der Waals surface area contributed by atoms with Crippen molar-refractivity contribution in [3.05, 3.63) is 29.5 Å². The Hall–Kier alpha value is -0.930. The van der Waals surface area contributed by atoms with Gasteiger partial charge in [-0.2, -0.15) is 0 Å². The molecule has 0 aliphatic carbocycles. The highest BCUT2D eigenvalue weighted by molar-refractivity contribution is 7.98. The zero-order chi connectivity index (χ0) is 12.3. The molecule has 17 heavy (non-hydrogen) atoms. The van der Waals surface area contributed by atoms with Crippen molar-refractivity contribution in [2.45, 2.75) is 17.7 Å². The van der Waals surface area contributed by atoms with E-state index in [1.54, 1.807) is 11.8 Å². The van der Waals surface area contributed by atoms with Gasteiger partial charge in [-0.05, 0) is 37.3 Å². The molecule has 1 heterocycles. The molecule has 0 atom stereocenters. The predicted molar refractivity (Wildman–Crippen MR) is 74.5 cm³/mol. The van der Waals surface area contributed by atoms with Crippen LogP contribution in [0.2, 0.25) is 0 Å². The first-order chi connectivity index (χ1) is 8.30. The molecule has 0 saturated heterocycles. The van der Waals surface area contributed by atoms with Crippen molar-refractivity contribution in [3.63, 3.8) is 0 Å². The first-order valence-corrected chi connectivity index (χ1v) is 7.25. The van der Waals surface area contributed by atoms with Crippen LogP contribution in [0.1, 0.15) is 22.5 Å². The summed E-state index contributed by atoms with van der Waals surface area (Å²) in [4.78, 5) is 15.7. The number of nitrogens with one attached hydrogen (secondary N) is 1. The summed E-state index contributed by atoms with van der Waals surface area (Å²) in [6.07, 6.45) is 4.67. The normalized spacial score (nSPS) is 10.9. The molecule has 0 fully saturated rings. The second-order valence-corrected chi connectivity index (χ2v) is 5.10. The fourth-order valence-corrected chi connectivity index (χ4v) is 2.52. The van der Waals surface area contributed by atoms with E-state index >= 15 is 0 Å². The Morgan fingerprint density at radius 3 is 2.94 bits per heavy atom. The van der Waals surface area contributed by atoms with Gasteiger partial charge in [0.2, 0.25) is 0 Å². The average molecular weight is 268 g/mol. The van der Waals surface area contributed by atoms with E-state index < -0.39 is 0 Å². The third-order valence-corrected chi connectivity index (χ3v) is 3.80. The van der Waals surface area contributed by atoms with Crippen LogP contribution in [0.5, 0.6) is 0 Å². The molecule has 0 bridgehead atoms. The Labute approximate surface area is 110 Å². The lowest BCUT2D eigenvalue weighted by Gasteiger charge is -1.97. The molecule has 0 spiro atoms. The van der Waals surface area contributed by atoms with Crippen LogP contribution in [0, 0.1) is 0 Å². The van der Waals surface area contributed by atoms with E-state index in [1.165, 1.54) is 4.90 Å². The Kier molecular flexibility index (Phi) is 4.13. The van der Waals surface area contributed by atoms with Gasteiger partial charge < -0.3 is 4.98 Å². The summed E-state index contributed by atoms with van der Waals surface area (Å²) in [7, 11) is 0. The smallest absolute Gasteiger partial charge is 0.152 e. The highest BCUT2D eigenvalue weighted by atomic mass is 35.5. The molecule has 0 aliphatic heterocycles. The quantitative estimate of drug-likeness (QED) is 0.507. The van der Waals surface area contributed by atoms with Crippen LogP contribution < -0.4 is 0 Å². The number of carbonyl (C=O) groups excluding carboxylic acids is 1. The van der Waals surface area contributed by atoms with Crippen LogP contribution in [0.3, 0.4) is 0 Å². The summed E-state index contributed by atoms with van der Waals surface area (Å²) < 4.78 is 0. The van der Waals surface area contributed by atoms with Gasteiger partial charge >= 0.3 is 0 Å². The number of aromatic nitrogens is 1. The number of H-pyrrole nitrogens is 1. The summed E-state index contributed by atoms with van der Waals surface area (Å²) in [5.74, 6) is 0.615. The Bertz CT molecular complexity index is 535. The topological polar surface area (TPSA) is 32.9 Å². The minimum absolute atomic E-state index is 0.615. The molecule has 0 saturated carbocycles. The number of thioether (sulfide) groups is 1. The number of carbonyl (C=O) groups is 1. The molecule has 90 valence electrons. The van der Waals surface area contributed by atoms with E-state index in [1.807, 2.05) is 12.3 Å². The zero-order valence-electron chi connectivity index (χ0n) is 9.63. The number of aromatic amines is 1. The van der Waals surface area contributed by atoms with E-state index in [9.17, 15) is 4.79 Å². The van der Waals surface area contributed by atoms with E-state index in [0.717, 1.165) is 41.3 Å². The van der Waals surface area contributed by atoms with Gasteiger partial charge in [0, 0.05) is 32.9 Å². The molecular weight excluding hydrogens is 254 g/mol. The van der Waals surface area contributed by atoms with E-state index in [4.69, 9.17) is 11.6 Å². The fraction of sp³-hybridized carbons (Fsp3) is 0.308. The number of alkyl halides is 1. The maximum atomic E-state index is 11.2. The average Bonchev–Trinajstić information content (AvgIpc) is 2.72. The van der Waals surface area contributed by atoms with Crippen LogP contribution >= 0.6 is 23.4 Å². The van der Waals surface area contributed by atoms with E-state index in [0.29, 0.717) is 5.88 Å². The monoisotopic (exact) mass is 267 g/mol. The van der Waals surface area contributed by atoms with Crippen molar-refractivity contribution < 1.29 is 4.79 Å². The maximum Gasteiger partial charge on any atom is 0.152 e. The zero-order valence-corrected chi connectivity index (χ0v) is 11.2. The molecule has 2 nitrogen and oxygen atoms in total. The van der Waals surface area contributed by atoms with E-state index in [-0.39, 0.29) is 0 Å². The lowest BCUT2D eigenvalue weighted by atomic mass is 10.1. The SMILES string of the molecule is CSc1ccc2[nH]c(CCCCl)c(C=O)c2c1. The Morgan fingerprint density at radius 2 is 2.29 bits per heavy atom. The first-order valence-electron chi connectivity index (χ1n) is 5.50. The van der Waals surface area contributed by atoms with Gasteiger partial charge in [0.05, 0.1) is 0 Å². The molecular formula is C13H14ClNOS. The standard InChI is InChI=1S/C13H14ClNOS/c1-17-9-4-5-13-10(7-9)11(8-16)12(15-13)3-2-6-14/h4-5,7-8,15H,2-3,6H2,1H3. The molecule has 0 aliphatic rings. The van der Waals surface area contributed by atoms with Gasteiger partial charge in [-0.1, -0.05) is 0 Å². The summed E-state index contributed by atoms with van der Waals surface area (Å²) in [5.41, 5.74) is 2.80. The van der Waals surface area contributed by atoms with Crippen molar-refractivity contribution in [3.8, 4) is 0 Å². The Balaban J connectivity index is 2.51. The predicted octanol–water partition coefficient (Wildman–Crippen LogP) is 3.87. The van der Waals surface area contributed by atoms with Crippen LogP contribution in [0.25, 0.3) is 10.9 Å². The number of halogens is 1. The minimum atomic E-state index is 0.615. The second kappa shape index (κ2) is 5.61. The number of fused-ring (bicyclic) bond motifs is 1. The number of hydrogen-bond acceptors (Lipinski definition) is 2. The minimum Gasteiger partial charge on any atom is -0.358 e. The lowest BCUT2D eigenvalue weighted by molar-refractivity contribution is 0.112. The van der Waals surface area contributed by atoms with E-state index in [2.05, 4.69) is 17.1 Å². The first kappa shape index (κ1) is 12.5. The van der Waals surface area contributed by atoms with Gasteiger partial charge in [0.25, 0.3) is 0 Å². The maximum absolute atomic E-state index is 11.2. The molecule has 0 amide bonds. The molecule has 2 rings (SSSR count). The van der Waals surface area contributed by atoms with Gasteiger partial charge in [0.1, 0.15) is 0 Å². The largest absolute Gasteiger partial charge is 0.358 e. The third-order valence-electron chi connectivity index (χ3n) is 2.81. The van der Waals surface area contributed by atoms with Gasteiger partial charge in [0.15, 0.2) is 6.29 Å². The number of benzene rings is 1. The summed E-state index contributed by atoms with van der Waals surface area (Å²) >= 11 is 7.37. The van der Waals surface area contributed by atoms with Crippen molar-refractivity contribution in [2.24, 2.45) is 0 Å². The van der Waals surface area contributed by atoms with Crippen molar-refractivity contribution in [1.29, 1.82) is 0 Å². The summed E-state index contributed by atoms with van der Waals surface area (Å²) in [5, 5.41) is 1.01. The lowest BCUT2D eigenvalue weighted by Crippen LogP contribution is -1.91. The Morgan fingerprint density at radius 1 is 1.47 bits per heavy atom. The van der Waals surface area contributed by atoms with Crippen molar-refractivity contribution in [2.75, 3.05) is 12.1 Å². The third kappa shape index (κ3) is 2.50. The number of aryl methyl sites for hydroxylation is 1. The second-order valence-electron chi connectivity index (χ2n) is 3.84. The van der Waals surface area contributed by atoms with Gasteiger partial charge in [-0.15, -0.1) is 23.4 Å². The number of rotatable bonds is 5. The van der Waals surface area contributed by atoms with Crippen LogP contribution in [-0.4, -0.2) is 23.4 Å². The van der Waals surface area contributed by atoms with Crippen LogP contribution in [-0.2, 0) is 6.42 Å². The molecule has 2 aromatic rings. The summed E-state index contributed by atoms with van der Waals surface area (Å²) in [6, 6.07) is 6.15. The highest BCUT2D eigenvalue weighted by Crippen LogP contribution is 2.26.